The monoisotopic (exact) mass is 1270 g/mol. The van der Waals surface area contributed by atoms with Crippen LogP contribution in [0.4, 0.5) is 0 Å². The van der Waals surface area contributed by atoms with Gasteiger partial charge in [-0.25, -0.2) is 4.79 Å². The van der Waals surface area contributed by atoms with Crippen LogP contribution in [-0.4, -0.2) is 257 Å². The zero-order valence-electron chi connectivity index (χ0n) is 53.0. The molecule has 1 aromatic rings. The van der Waals surface area contributed by atoms with Gasteiger partial charge < -0.3 is 117 Å². The molecular formula is C64H98O25. The Labute approximate surface area is 520 Å². The Morgan fingerprint density at radius 3 is 1.73 bits per heavy atom. The van der Waals surface area contributed by atoms with E-state index >= 15 is 0 Å². The summed E-state index contributed by atoms with van der Waals surface area (Å²) in [5.74, 6) is -1.24. The number of methoxy groups -OCH3 is 4. The van der Waals surface area contributed by atoms with Gasteiger partial charge in [-0.1, -0.05) is 55.8 Å². The van der Waals surface area contributed by atoms with Crippen LogP contribution in [0.15, 0.2) is 48.1 Å². The van der Waals surface area contributed by atoms with Crippen LogP contribution in [0.5, 0.6) is 0 Å². The van der Waals surface area contributed by atoms with E-state index in [-0.39, 0.29) is 38.2 Å². The molecule has 9 aliphatic rings. The second-order valence-electron chi connectivity index (χ2n) is 26.7. The second-order valence-corrected chi connectivity index (χ2v) is 26.7. The molecule has 0 unspecified atom stereocenters. The lowest BCUT2D eigenvalue weighted by atomic mass is 9.42. The van der Waals surface area contributed by atoms with Gasteiger partial charge in [-0.15, -0.1) is 0 Å². The molecule has 25 nitrogen and oxygen atoms in total. The number of hydrogen-bond donors (Lipinski definition) is 9. The van der Waals surface area contributed by atoms with Gasteiger partial charge in [-0.2, -0.15) is 0 Å². The molecule has 0 aromatic heterocycles. The minimum atomic E-state index is -1.93. The smallest absolute Gasteiger partial charge is 0.331 e. The number of rotatable bonds is 19. The summed E-state index contributed by atoms with van der Waals surface area (Å²) in [5.41, 5.74) is -5.96. The lowest BCUT2D eigenvalue weighted by Crippen LogP contribution is -2.78. The Kier molecular flexibility index (Phi) is 21.4. The minimum Gasteiger partial charge on any atom is -0.458 e. The summed E-state index contributed by atoms with van der Waals surface area (Å²) in [6.45, 7) is 11.8. The molecule has 0 radical (unpaired) electrons. The predicted octanol–water partition coefficient (Wildman–Crippen LogP) is 1.82. The SMILES string of the molecule is CO[C@H]1[C@@H](O)[C@H](O[C@@H]2[C@@H](C)O[C@@H](O[C@H]3[C@@H](OC)C[C@H](O[C@H]4[C@@H](OC)C[C@H](O[C@H]5CC[C@@]6(C)C(=CC[C@]7(O)[C@@H]6C[C@@H](OC(=O)/C=C/c6ccccc6)[C@@]6(C)[C@]7(O)CC[C@@]6(O)[C@H](C)O)C5)O[C@@H]4C)O[C@@H]3C)C[C@H]2OC)O[C@H](C)[C@H]1O[C@@H]1O[C@H](CO)[C@@H](O)[C@H](O)[C@H]1O. The van der Waals surface area contributed by atoms with Crippen LogP contribution in [0.1, 0.15) is 118 Å². The van der Waals surface area contributed by atoms with Gasteiger partial charge in [0.15, 0.2) is 31.5 Å². The average Bonchev–Trinajstić information content (AvgIpc) is 1.61. The summed E-state index contributed by atoms with van der Waals surface area (Å²) in [6.07, 6.45) is -15.5. The van der Waals surface area contributed by atoms with Crippen LogP contribution in [0.25, 0.3) is 6.08 Å². The fourth-order valence-electron chi connectivity index (χ4n) is 16.7. The molecule has 0 bridgehead atoms. The summed E-state index contributed by atoms with van der Waals surface area (Å²) in [6, 6.07) is 9.30. The molecule has 8 fully saturated rings. The van der Waals surface area contributed by atoms with E-state index < -0.39 is 194 Å². The number of carbonyl (C=O) groups is 1. The molecule has 5 heterocycles. The summed E-state index contributed by atoms with van der Waals surface area (Å²) in [4.78, 5) is 13.7. The van der Waals surface area contributed by atoms with Crippen molar-refractivity contribution in [2.24, 2.45) is 16.7 Å². The third-order valence-electron chi connectivity index (χ3n) is 22.0. The molecule has 5 saturated heterocycles. The summed E-state index contributed by atoms with van der Waals surface area (Å²) >= 11 is 0. The van der Waals surface area contributed by atoms with Crippen LogP contribution >= 0.6 is 0 Å². The molecule has 0 spiro atoms. The molecule has 1 aromatic carbocycles. The molecule has 5 aliphatic heterocycles. The first-order chi connectivity index (χ1) is 42.2. The Bertz CT molecular complexity index is 2580. The van der Waals surface area contributed by atoms with Gasteiger partial charge >= 0.3 is 5.97 Å². The highest BCUT2D eigenvalue weighted by molar-refractivity contribution is 5.87. The lowest BCUT2D eigenvalue weighted by Gasteiger charge is -2.67. The molecule has 504 valence electrons. The highest BCUT2D eigenvalue weighted by atomic mass is 16.8. The molecule has 89 heavy (non-hydrogen) atoms. The zero-order chi connectivity index (χ0) is 64.3. The largest absolute Gasteiger partial charge is 0.458 e. The van der Waals surface area contributed by atoms with Crippen molar-refractivity contribution in [3.05, 3.63) is 53.6 Å². The Morgan fingerprint density at radius 2 is 1.18 bits per heavy atom. The summed E-state index contributed by atoms with van der Waals surface area (Å²) in [5, 5.41) is 102. The van der Waals surface area contributed by atoms with Crippen LogP contribution < -0.4 is 0 Å². The third kappa shape index (κ3) is 12.6. The van der Waals surface area contributed by atoms with E-state index in [1.54, 1.807) is 41.1 Å². The fraction of sp³-hybridized carbons (Fsp3) is 0.828. The van der Waals surface area contributed by atoms with Crippen molar-refractivity contribution in [2.75, 3.05) is 35.0 Å². The van der Waals surface area contributed by atoms with Crippen molar-refractivity contribution >= 4 is 12.0 Å². The van der Waals surface area contributed by atoms with E-state index in [2.05, 4.69) is 6.92 Å². The highest BCUT2D eigenvalue weighted by Crippen LogP contribution is 2.71. The molecular weight excluding hydrogens is 1170 g/mol. The number of benzene rings is 1. The maximum absolute atomic E-state index is 13.7. The van der Waals surface area contributed by atoms with Crippen LogP contribution in [-0.2, 0) is 75.8 Å². The van der Waals surface area contributed by atoms with E-state index in [9.17, 15) is 50.8 Å². The minimum absolute atomic E-state index is 0.00525. The topological polar surface area (TPSA) is 338 Å². The van der Waals surface area contributed by atoms with E-state index in [1.807, 2.05) is 50.3 Å². The van der Waals surface area contributed by atoms with Gasteiger partial charge in [0, 0.05) is 59.7 Å². The fourth-order valence-corrected chi connectivity index (χ4v) is 16.7. The van der Waals surface area contributed by atoms with Gasteiger partial charge in [0.1, 0.15) is 83.9 Å². The van der Waals surface area contributed by atoms with Gasteiger partial charge in [0.2, 0.25) is 0 Å². The van der Waals surface area contributed by atoms with Crippen LogP contribution in [0.2, 0.25) is 0 Å². The molecule has 9 N–H and O–H groups in total. The molecule has 4 aliphatic carbocycles. The van der Waals surface area contributed by atoms with Gasteiger partial charge in [-0.05, 0) is 96.6 Å². The molecule has 10 rings (SSSR count). The van der Waals surface area contributed by atoms with Crippen molar-refractivity contribution in [3.63, 3.8) is 0 Å². The van der Waals surface area contributed by atoms with Gasteiger partial charge in [-0.3, -0.25) is 0 Å². The highest BCUT2D eigenvalue weighted by Gasteiger charge is 2.81. The maximum Gasteiger partial charge on any atom is 0.331 e. The number of aliphatic hydroxyl groups excluding tert-OH is 6. The molecule has 31 atom stereocenters. The first-order valence-corrected chi connectivity index (χ1v) is 31.7. The first-order valence-electron chi connectivity index (χ1n) is 31.7. The van der Waals surface area contributed by atoms with E-state index in [0.717, 1.165) is 11.1 Å². The zero-order valence-corrected chi connectivity index (χ0v) is 53.0. The van der Waals surface area contributed by atoms with Crippen molar-refractivity contribution in [3.8, 4) is 0 Å². The predicted molar refractivity (Wildman–Crippen MR) is 311 cm³/mol. The quantitative estimate of drug-likeness (QED) is 0.0542. The molecule has 25 heteroatoms. The van der Waals surface area contributed by atoms with Crippen molar-refractivity contribution < 1.29 is 122 Å². The number of carbonyl (C=O) groups excluding carboxylic acids is 1. The van der Waals surface area contributed by atoms with Gasteiger partial charge in [0.25, 0.3) is 0 Å². The van der Waals surface area contributed by atoms with Crippen LogP contribution in [0, 0.1) is 16.7 Å². The summed E-state index contributed by atoms with van der Waals surface area (Å²) < 4.78 is 93.7. The van der Waals surface area contributed by atoms with Crippen molar-refractivity contribution in [1.82, 2.24) is 0 Å². The normalized spacial score (nSPS) is 49.7. The lowest BCUT2D eigenvalue weighted by molar-refractivity contribution is -0.374. The standard InChI is InChI=1S/C64H98O25/c1-31-53(86-47-27-40(76-9)54(32(2)80-47)87-48-28-41(77-10)55(33(3)81-48)88-59-52(71)57(78-11)56(34(4)82-59)89-58-51(70)50(69)49(68)42(30-65)84-58)39(75-8)26-46(79-31)83-38-20-21-60(6)37(25-38)19-22-63(73)43(60)29-44(85-45(67)18-17-36-15-13-12-14-16-36)61(7)62(72,35(5)66)23-24-64(61,63)74/h12-19,31-35,38-44,46-59,65-66,68-74H,20-30H2,1-11H3/b18-17+/t31-,32-,33-,34-,35+,38+,39+,40+,41-,42-,43-,44-,46+,47+,48+,49-,50+,51-,52-,53-,54-,55-,56-,57+,58+,59+,60+,61-,62-,63+,64-/m1/s1. The number of aliphatic hydroxyl groups is 9. The van der Waals surface area contributed by atoms with Crippen molar-refractivity contribution in [1.29, 1.82) is 0 Å². The van der Waals surface area contributed by atoms with Gasteiger partial charge in [0.05, 0.1) is 67.0 Å². The number of ether oxygens (including phenoxy) is 15. The van der Waals surface area contributed by atoms with Crippen molar-refractivity contribution in [2.45, 2.75) is 283 Å². The summed E-state index contributed by atoms with van der Waals surface area (Å²) in [7, 11) is 6.11. The third-order valence-corrected chi connectivity index (χ3v) is 22.0. The van der Waals surface area contributed by atoms with E-state index in [1.165, 1.54) is 27.2 Å². The van der Waals surface area contributed by atoms with Crippen LogP contribution in [0.3, 0.4) is 0 Å². The number of fused-ring (bicyclic) bond motifs is 5. The Balaban J connectivity index is 0.727. The Morgan fingerprint density at radius 1 is 0.640 bits per heavy atom. The van der Waals surface area contributed by atoms with E-state index in [4.69, 9.17) is 71.1 Å². The van der Waals surface area contributed by atoms with E-state index in [0.29, 0.717) is 32.1 Å². The molecule has 3 saturated carbocycles. The second kappa shape index (κ2) is 27.5. The number of esters is 1. The Hall–Kier alpha value is -2.75. The molecule has 0 amide bonds. The number of hydrogen-bond acceptors (Lipinski definition) is 25. The average molecular weight is 1270 g/mol. The maximum atomic E-state index is 13.7. The first kappa shape index (κ1) is 69.1.